The minimum Gasteiger partial charge on any atom is -1.00 e. The topological polar surface area (TPSA) is 0 Å². The number of hydrogen-bond donors (Lipinski definition) is 0. The standard InChI is InChI=1S/2C5H5.C2H6Si.CH3.ClH.Zr/c2*1-2-4-5-3-1;1-3-2;;;/h2*1-3H,4H2;1-2H3;1H3;1H;/q;;;;;+1/p-1. The van der Waals surface area contributed by atoms with Crippen molar-refractivity contribution in [3.05, 3.63) is 43.0 Å². The number of halogens is 1. The zero-order valence-electron chi connectivity index (χ0n) is 10.3. The number of hydrogen-bond acceptors (Lipinski definition) is 0. The molecule has 3 heteroatoms. The molecule has 0 radical (unpaired) electrons. The van der Waals surface area contributed by atoms with Crippen LogP contribution >= 0.6 is 0 Å². The van der Waals surface area contributed by atoms with Crippen LogP contribution in [-0.2, 0) is 18.9 Å². The summed E-state index contributed by atoms with van der Waals surface area (Å²) in [5.41, 5.74) is -0.144. The predicted octanol–water partition coefficient (Wildman–Crippen LogP) is 1.13. The summed E-state index contributed by atoms with van der Waals surface area (Å²) in [6.45, 7) is 5.05. The summed E-state index contributed by atoms with van der Waals surface area (Å²) in [5, 5.41) is 0. The molecule has 0 heterocycles. The first-order valence-corrected chi connectivity index (χ1v) is 16.8. The first-order valence-electron chi connectivity index (χ1n) is 5.68. The van der Waals surface area contributed by atoms with Crippen LogP contribution in [0.2, 0.25) is 17.7 Å². The Labute approximate surface area is 110 Å². The Morgan fingerprint density at radius 3 is 1.69 bits per heavy atom. The van der Waals surface area contributed by atoms with Gasteiger partial charge in [-0.3, -0.25) is 0 Å². The average molecular weight is 330 g/mol. The first kappa shape index (κ1) is 14.4. The zero-order valence-corrected chi connectivity index (χ0v) is 14.5. The van der Waals surface area contributed by atoms with Gasteiger partial charge in [-0.05, 0) is 0 Å². The minimum absolute atomic E-state index is 0. The molecule has 0 aromatic carbocycles. The third kappa shape index (κ3) is 2.44. The fraction of sp³-hybridized carbons (Fsp3) is 0.385. The summed E-state index contributed by atoms with van der Waals surface area (Å²) in [6.07, 6.45) is 16.5. The fourth-order valence-corrected chi connectivity index (χ4v) is 21.1. The Hall–Kier alpha value is 0.350. The van der Waals surface area contributed by atoms with Gasteiger partial charge in [-0.15, -0.1) is 0 Å². The molecular weight excluding hydrogens is 311 g/mol. The Morgan fingerprint density at radius 2 is 1.44 bits per heavy atom. The zero-order chi connectivity index (χ0) is 10.9. The van der Waals surface area contributed by atoms with E-state index in [9.17, 15) is 0 Å². The minimum atomic E-state index is -2.09. The molecule has 0 atom stereocenters. The van der Waals surface area contributed by atoms with Gasteiger partial charge in [-0.1, -0.05) is 0 Å². The van der Waals surface area contributed by atoms with Crippen LogP contribution in [0.5, 0.6) is 0 Å². The van der Waals surface area contributed by atoms with Gasteiger partial charge < -0.3 is 12.4 Å². The van der Waals surface area contributed by atoms with Gasteiger partial charge in [0.2, 0.25) is 0 Å². The quantitative estimate of drug-likeness (QED) is 0.666. The summed E-state index contributed by atoms with van der Waals surface area (Å²) >= 11 is -2.09. The van der Waals surface area contributed by atoms with Crippen LogP contribution in [0.25, 0.3) is 0 Å². The summed E-state index contributed by atoms with van der Waals surface area (Å²) in [7, 11) is 0. The van der Waals surface area contributed by atoms with Gasteiger partial charge >= 0.3 is 97.9 Å². The van der Waals surface area contributed by atoms with E-state index in [4.69, 9.17) is 0 Å². The normalized spacial score (nSPS) is 17.2. The largest absolute Gasteiger partial charge is 1.00 e. The molecule has 0 saturated heterocycles. The third-order valence-electron chi connectivity index (χ3n) is 3.83. The van der Waals surface area contributed by atoms with Crippen molar-refractivity contribution in [3.8, 4) is 0 Å². The monoisotopic (exact) mass is 328 g/mol. The molecular formula is C13H19ClSiZr. The maximum atomic E-state index is 2.65. The number of rotatable bonds is 2. The van der Waals surface area contributed by atoms with Crippen LogP contribution in [0, 0.1) is 0 Å². The van der Waals surface area contributed by atoms with Gasteiger partial charge in [0.15, 0.2) is 0 Å². The van der Waals surface area contributed by atoms with Gasteiger partial charge in [0, 0.05) is 0 Å². The van der Waals surface area contributed by atoms with Crippen LogP contribution < -0.4 is 12.4 Å². The summed E-state index contributed by atoms with van der Waals surface area (Å²) in [6, 6.07) is 0. The molecule has 0 amide bonds. The molecule has 0 aromatic rings. The van der Waals surface area contributed by atoms with E-state index in [1.165, 1.54) is 12.8 Å². The van der Waals surface area contributed by atoms with Gasteiger partial charge in [-0.25, -0.2) is 0 Å². The van der Waals surface area contributed by atoms with Gasteiger partial charge in [0.25, 0.3) is 0 Å². The van der Waals surface area contributed by atoms with E-state index >= 15 is 0 Å². The third-order valence-corrected chi connectivity index (χ3v) is 32.5. The molecule has 86 valence electrons. The summed E-state index contributed by atoms with van der Waals surface area (Å²) < 4.78 is 6.32. The molecule has 0 spiro atoms. The van der Waals surface area contributed by atoms with Crippen molar-refractivity contribution >= 4 is 5.43 Å². The van der Waals surface area contributed by atoms with Crippen molar-refractivity contribution in [2.45, 2.75) is 30.6 Å². The number of allylic oxidation sites excluding steroid dienone is 8. The Kier molecular flexibility index (Phi) is 5.22. The second-order valence-corrected chi connectivity index (χ2v) is 28.8. The predicted molar refractivity (Wildman–Crippen MR) is 67.0 cm³/mol. The molecule has 2 aliphatic carbocycles. The van der Waals surface area contributed by atoms with E-state index in [1.807, 2.05) is 6.56 Å². The van der Waals surface area contributed by atoms with Gasteiger partial charge in [0.05, 0.1) is 0 Å². The molecule has 2 aliphatic rings. The fourth-order valence-electron chi connectivity index (χ4n) is 2.48. The molecule has 0 nitrogen and oxygen atoms in total. The second kappa shape index (κ2) is 5.80. The molecule has 0 bridgehead atoms. The second-order valence-electron chi connectivity index (χ2n) is 4.77. The van der Waals surface area contributed by atoms with Crippen LogP contribution in [0.1, 0.15) is 12.8 Å². The van der Waals surface area contributed by atoms with E-state index in [0.29, 0.717) is 0 Å². The van der Waals surface area contributed by atoms with Crippen LogP contribution in [0.3, 0.4) is 0 Å². The average Bonchev–Trinajstić information content (AvgIpc) is 2.89. The molecule has 0 unspecified atom stereocenters. The van der Waals surface area contributed by atoms with E-state index in [1.54, 1.807) is 0 Å². The van der Waals surface area contributed by atoms with Crippen molar-refractivity contribution in [1.29, 1.82) is 0 Å². The smallest absolute Gasteiger partial charge is 1.00 e. The van der Waals surface area contributed by atoms with Crippen LogP contribution in [0.4, 0.5) is 0 Å². The van der Waals surface area contributed by atoms with E-state index < -0.39 is 18.9 Å². The molecule has 0 saturated carbocycles. The van der Waals surface area contributed by atoms with Crippen molar-refractivity contribution in [1.82, 2.24) is 0 Å². The van der Waals surface area contributed by atoms with Crippen LogP contribution in [0.15, 0.2) is 43.0 Å². The van der Waals surface area contributed by atoms with E-state index in [2.05, 4.69) is 54.2 Å². The maximum absolute atomic E-state index is 2.65. The summed E-state index contributed by atoms with van der Waals surface area (Å²) in [4.78, 5) is 0. The van der Waals surface area contributed by atoms with Crippen molar-refractivity contribution in [2.24, 2.45) is 0 Å². The Bertz CT molecular complexity index is 415. The van der Waals surface area contributed by atoms with Gasteiger partial charge in [0.1, 0.15) is 0 Å². The first-order chi connectivity index (χ1) is 7.15. The molecule has 0 N–H and O–H groups in total. The Morgan fingerprint density at radius 1 is 1.00 bits per heavy atom. The molecule has 0 aromatic heterocycles. The Balaban J connectivity index is 0.00000128. The van der Waals surface area contributed by atoms with E-state index in [0.717, 1.165) is 0 Å². The summed E-state index contributed by atoms with van der Waals surface area (Å²) in [5.74, 6) is 0. The van der Waals surface area contributed by atoms with E-state index in [-0.39, 0.29) is 17.8 Å². The molecule has 16 heavy (non-hydrogen) atoms. The van der Waals surface area contributed by atoms with Crippen molar-refractivity contribution in [3.63, 3.8) is 0 Å². The van der Waals surface area contributed by atoms with Crippen molar-refractivity contribution in [2.75, 3.05) is 0 Å². The van der Waals surface area contributed by atoms with Crippen LogP contribution in [-0.4, -0.2) is 5.43 Å². The molecule has 0 fully saturated rings. The SMILES string of the molecule is C[Si](C)=[Zr+]([CH3])([C]1=CC=CC1)[C]1=CC=CC1.[Cl-]. The van der Waals surface area contributed by atoms with Crippen molar-refractivity contribution < 1.29 is 31.3 Å². The maximum Gasteiger partial charge on any atom is -1.00 e. The molecule has 2 rings (SSSR count). The van der Waals surface area contributed by atoms with Gasteiger partial charge in [-0.2, -0.15) is 0 Å². The molecule has 0 aliphatic heterocycles.